The molecule has 0 atom stereocenters. The molecule has 1 aliphatic carbocycles. The first-order valence-electron chi connectivity index (χ1n) is 6.37. The summed E-state index contributed by atoms with van der Waals surface area (Å²) in [5, 5.41) is 3.21. The van der Waals surface area contributed by atoms with E-state index in [1.807, 2.05) is 4.90 Å². The van der Waals surface area contributed by atoms with Gasteiger partial charge in [-0.1, -0.05) is 6.92 Å². The van der Waals surface area contributed by atoms with Gasteiger partial charge in [0.15, 0.2) is 0 Å². The zero-order chi connectivity index (χ0) is 12.0. The summed E-state index contributed by atoms with van der Waals surface area (Å²) in [5.41, 5.74) is 0. The monoisotopic (exact) mass is 227 g/mol. The lowest BCUT2D eigenvalue weighted by Gasteiger charge is -2.21. The molecule has 1 fully saturated rings. The van der Waals surface area contributed by atoms with Crippen molar-refractivity contribution in [1.82, 2.24) is 15.1 Å². The van der Waals surface area contributed by atoms with Crippen LogP contribution in [0.3, 0.4) is 0 Å². The number of carbonyl (C=O) groups is 1. The minimum atomic E-state index is 0.254. The average molecular weight is 227 g/mol. The van der Waals surface area contributed by atoms with Gasteiger partial charge in [-0.3, -0.25) is 4.79 Å². The fraction of sp³-hybridized carbons (Fsp3) is 0.917. The normalized spacial score (nSPS) is 15.5. The molecule has 0 unspecified atom stereocenters. The van der Waals surface area contributed by atoms with E-state index in [2.05, 4.69) is 31.1 Å². The largest absolute Gasteiger partial charge is 0.339 e. The fourth-order valence-corrected chi connectivity index (χ4v) is 1.75. The van der Waals surface area contributed by atoms with Crippen LogP contribution in [0.4, 0.5) is 0 Å². The third-order valence-electron chi connectivity index (χ3n) is 3.14. The van der Waals surface area contributed by atoms with Gasteiger partial charge in [0.25, 0.3) is 0 Å². The molecule has 0 aromatic heterocycles. The Morgan fingerprint density at radius 3 is 2.50 bits per heavy atom. The van der Waals surface area contributed by atoms with Crippen molar-refractivity contribution in [3.8, 4) is 0 Å². The van der Waals surface area contributed by atoms with Crippen molar-refractivity contribution in [3.05, 3.63) is 0 Å². The minimum absolute atomic E-state index is 0.254. The smallest absolute Gasteiger partial charge is 0.236 e. The lowest BCUT2D eigenvalue weighted by atomic mass is 10.4. The van der Waals surface area contributed by atoms with Crippen molar-refractivity contribution >= 4 is 5.91 Å². The summed E-state index contributed by atoms with van der Waals surface area (Å²) < 4.78 is 0. The molecule has 4 nitrogen and oxygen atoms in total. The van der Waals surface area contributed by atoms with Crippen LogP contribution in [0.2, 0.25) is 0 Å². The Hall–Kier alpha value is -0.610. The van der Waals surface area contributed by atoms with Crippen LogP contribution in [0.5, 0.6) is 0 Å². The number of nitrogens with zero attached hydrogens (tertiary/aromatic N) is 2. The molecule has 16 heavy (non-hydrogen) atoms. The van der Waals surface area contributed by atoms with Crippen LogP contribution in [0.1, 0.15) is 26.7 Å². The molecule has 0 saturated heterocycles. The van der Waals surface area contributed by atoms with Crippen LogP contribution in [0, 0.1) is 0 Å². The van der Waals surface area contributed by atoms with Crippen LogP contribution in [0.15, 0.2) is 0 Å². The summed E-state index contributed by atoms with van der Waals surface area (Å²) in [5.74, 6) is 0.254. The Morgan fingerprint density at radius 2 is 2.00 bits per heavy atom. The number of carbonyl (C=O) groups excluding carboxylic acids is 1. The number of amides is 1. The Bertz CT molecular complexity index is 216. The van der Waals surface area contributed by atoms with Gasteiger partial charge >= 0.3 is 0 Å². The molecule has 0 aromatic rings. The maximum absolute atomic E-state index is 11.8. The second-order valence-corrected chi connectivity index (χ2v) is 4.48. The summed E-state index contributed by atoms with van der Waals surface area (Å²) in [4.78, 5) is 16.0. The van der Waals surface area contributed by atoms with Crippen molar-refractivity contribution in [2.24, 2.45) is 0 Å². The Labute approximate surface area is 99.0 Å². The first-order valence-corrected chi connectivity index (χ1v) is 6.37. The molecule has 0 heterocycles. The van der Waals surface area contributed by atoms with Gasteiger partial charge in [0.1, 0.15) is 0 Å². The molecule has 1 aliphatic rings. The zero-order valence-electron chi connectivity index (χ0n) is 10.8. The SMILES string of the molecule is CCN(C)CCNCC(=O)N(CC)C1CC1. The van der Waals surface area contributed by atoms with Crippen molar-refractivity contribution in [1.29, 1.82) is 0 Å². The van der Waals surface area contributed by atoms with Crippen molar-refractivity contribution in [2.45, 2.75) is 32.7 Å². The van der Waals surface area contributed by atoms with E-state index in [0.717, 1.165) is 26.2 Å². The average Bonchev–Trinajstić information content (AvgIpc) is 3.09. The Morgan fingerprint density at radius 1 is 1.31 bits per heavy atom. The maximum atomic E-state index is 11.8. The summed E-state index contributed by atoms with van der Waals surface area (Å²) >= 11 is 0. The standard InChI is InChI=1S/C12H25N3O/c1-4-14(3)9-8-13-10-12(16)15(5-2)11-6-7-11/h11,13H,4-10H2,1-3H3. The van der Waals surface area contributed by atoms with E-state index in [4.69, 9.17) is 0 Å². The van der Waals surface area contributed by atoms with Crippen LogP contribution in [0.25, 0.3) is 0 Å². The van der Waals surface area contributed by atoms with E-state index in [-0.39, 0.29) is 5.91 Å². The van der Waals surface area contributed by atoms with Crippen LogP contribution < -0.4 is 5.32 Å². The number of hydrogen-bond donors (Lipinski definition) is 1. The predicted octanol–water partition coefficient (Wildman–Crippen LogP) is 0.539. The highest BCUT2D eigenvalue weighted by atomic mass is 16.2. The Kier molecular flexibility index (Phi) is 5.77. The van der Waals surface area contributed by atoms with E-state index in [1.165, 1.54) is 12.8 Å². The lowest BCUT2D eigenvalue weighted by molar-refractivity contribution is -0.130. The van der Waals surface area contributed by atoms with E-state index >= 15 is 0 Å². The predicted molar refractivity (Wildman–Crippen MR) is 66.4 cm³/mol. The van der Waals surface area contributed by atoms with Crippen LogP contribution >= 0.6 is 0 Å². The number of hydrogen-bond acceptors (Lipinski definition) is 3. The summed E-state index contributed by atoms with van der Waals surface area (Å²) in [6.07, 6.45) is 2.39. The quantitative estimate of drug-likeness (QED) is 0.615. The molecule has 0 aromatic carbocycles. The maximum Gasteiger partial charge on any atom is 0.236 e. The highest BCUT2D eigenvalue weighted by molar-refractivity contribution is 5.78. The van der Waals surface area contributed by atoms with E-state index < -0.39 is 0 Å². The second kappa shape index (κ2) is 6.86. The third kappa shape index (κ3) is 4.49. The topological polar surface area (TPSA) is 35.6 Å². The molecular formula is C12H25N3O. The highest BCUT2D eigenvalue weighted by Gasteiger charge is 2.30. The van der Waals surface area contributed by atoms with Gasteiger partial charge in [0, 0.05) is 25.7 Å². The van der Waals surface area contributed by atoms with Crippen LogP contribution in [-0.4, -0.2) is 61.5 Å². The summed E-state index contributed by atoms with van der Waals surface area (Å²) in [6.45, 7) is 8.47. The molecular weight excluding hydrogens is 202 g/mol. The van der Waals surface area contributed by atoms with Gasteiger partial charge in [-0.25, -0.2) is 0 Å². The molecule has 1 saturated carbocycles. The molecule has 1 amide bonds. The Balaban J connectivity index is 2.09. The summed E-state index contributed by atoms with van der Waals surface area (Å²) in [6, 6.07) is 0.539. The van der Waals surface area contributed by atoms with Gasteiger partial charge in [0.2, 0.25) is 5.91 Å². The van der Waals surface area contributed by atoms with Crippen molar-refractivity contribution < 1.29 is 4.79 Å². The molecule has 0 radical (unpaired) electrons. The highest BCUT2D eigenvalue weighted by Crippen LogP contribution is 2.26. The molecule has 0 aliphatic heterocycles. The van der Waals surface area contributed by atoms with Gasteiger partial charge in [0.05, 0.1) is 6.54 Å². The molecule has 0 bridgehead atoms. The zero-order valence-corrected chi connectivity index (χ0v) is 10.8. The van der Waals surface area contributed by atoms with Gasteiger partial charge in [-0.2, -0.15) is 0 Å². The van der Waals surface area contributed by atoms with Crippen LogP contribution in [-0.2, 0) is 4.79 Å². The van der Waals surface area contributed by atoms with E-state index in [1.54, 1.807) is 0 Å². The van der Waals surface area contributed by atoms with E-state index in [0.29, 0.717) is 12.6 Å². The van der Waals surface area contributed by atoms with Crippen molar-refractivity contribution in [3.63, 3.8) is 0 Å². The molecule has 1 N–H and O–H groups in total. The van der Waals surface area contributed by atoms with E-state index in [9.17, 15) is 4.79 Å². The van der Waals surface area contributed by atoms with Gasteiger partial charge in [-0.05, 0) is 33.4 Å². The number of likely N-dealkylation sites (N-methyl/N-ethyl adjacent to an activating group) is 2. The lowest BCUT2D eigenvalue weighted by Crippen LogP contribution is -2.41. The van der Waals surface area contributed by atoms with Crippen molar-refractivity contribution in [2.75, 3.05) is 39.8 Å². The minimum Gasteiger partial charge on any atom is -0.339 e. The second-order valence-electron chi connectivity index (χ2n) is 4.48. The van der Waals surface area contributed by atoms with Gasteiger partial charge < -0.3 is 15.1 Å². The van der Waals surface area contributed by atoms with Gasteiger partial charge in [-0.15, -0.1) is 0 Å². The first kappa shape index (κ1) is 13.5. The molecule has 0 spiro atoms. The molecule has 4 heteroatoms. The molecule has 94 valence electrons. The first-order chi connectivity index (χ1) is 7.69. The number of rotatable bonds is 8. The summed E-state index contributed by atoms with van der Waals surface area (Å²) in [7, 11) is 2.09. The third-order valence-corrected chi connectivity index (χ3v) is 3.14. The fourth-order valence-electron chi connectivity index (χ4n) is 1.75. The molecule has 1 rings (SSSR count). The number of nitrogens with one attached hydrogen (secondary N) is 1.